The molecule has 0 aliphatic carbocycles. The van der Waals surface area contributed by atoms with E-state index in [-0.39, 0.29) is 16.5 Å². The fourth-order valence-electron chi connectivity index (χ4n) is 2.88. The van der Waals surface area contributed by atoms with Gasteiger partial charge in [0, 0.05) is 16.5 Å². The van der Waals surface area contributed by atoms with Gasteiger partial charge in [-0.25, -0.2) is 0 Å². The van der Waals surface area contributed by atoms with Gasteiger partial charge in [-0.05, 0) is 22.3 Å². The van der Waals surface area contributed by atoms with Crippen LogP contribution < -0.4 is 0 Å². The molecule has 0 saturated heterocycles. The summed E-state index contributed by atoms with van der Waals surface area (Å²) < 4.78 is 0. The average molecular weight is 664 g/mol. The van der Waals surface area contributed by atoms with E-state index in [2.05, 4.69) is 0 Å². The third kappa shape index (κ3) is 16.7. The predicted molar refractivity (Wildman–Crippen MR) is 194 cm³/mol. The molecular weight excluding hydrogens is 619 g/mol. The molecule has 0 saturated carbocycles. The monoisotopic (exact) mass is 662 g/mol. The minimum atomic E-state index is 0. The Morgan fingerprint density at radius 1 is 0.293 bits per heavy atom. The first-order valence-electron chi connectivity index (χ1n) is 14.0. The Balaban J connectivity index is -0.000000556. The van der Waals surface area contributed by atoms with Gasteiger partial charge in [0.25, 0.3) is 0 Å². The Bertz CT molecular complexity index is 983. The molecule has 0 spiro atoms. The van der Waals surface area contributed by atoms with Gasteiger partial charge in [-0.1, -0.05) is 177 Å². The Hall–Kier alpha value is -2.27. The van der Waals surface area contributed by atoms with Crippen molar-refractivity contribution < 1.29 is 16.5 Å². The molecular formula is C36H44NiS4-4. The third-order valence-corrected chi connectivity index (χ3v) is 6.57. The van der Waals surface area contributed by atoms with E-state index < -0.39 is 0 Å². The van der Waals surface area contributed by atoms with E-state index >= 15 is 0 Å². The Labute approximate surface area is 283 Å². The van der Waals surface area contributed by atoms with Crippen molar-refractivity contribution in [3.8, 4) is 0 Å². The summed E-state index contributed by atoms with van der Waals surface area (Å²) in [6.07, 6.45) is 0. The van der Waals surface area contributed by atoms with Gasteiger partial charge in [0.15, 0.2) is 0 Å². The molecule has 0 bridgehead atoms. The van der Waals surface area contributed by atoms with Crippen molar-refractivity contribution in [1.29, 1.82) is 0 Å². The second kappa shape index (κ2) is 29.2. The van der Waals surface area contributed by atoms with E-state index in [1.807, 2.05) is 177 Å². The number of rotatable bonds is 4. The topological polar surface area (TPSA) is 0 Å². The van der Waals surface area contributed by atoms with Gasteiger partial charge in [0.05, 0.1) is 0 Å². The molecule has 4 aromatic carbocycles. The minimum absolute atomic E-state index is 0. The third-order valence-electron chi connectivity index (χ3n) is 4.56. The zero-order chi connectivity index (χ0) is 30.8. The van der Waals surface area contributed by atoms with Crippen LogP contribution in [0.1, 0.15) is 77.6 Å². The first kappa shape index (κ1) is 43.2. The molecule has 0 aliphatic rings. The molecule has 226 valence electrons. The van der Waals surface area contributed by atoms with E-state index in [4.69, 9.17) is 50.5 Å². The molecule has 0 nitrogen and oxygen atoms in total. The van der Waals surface area contributed by atoms with Crippen LogP contribution in [0.25, 0.3) is 19.6 Å². The zero-order valence-corrected chi connectivity index (χ0v) is 29.7. The molecule has 0 amide bonds. The molecule has 0 radical (unpaired) electrons. The summed E-state index contributed by atoms with van der Waals surface area (Å²) in [6, 6.07) is 39.5. The van der Waals surface area contributed by atoms with Crippen molar-refractivity contribution in [1.82, 2.24) is 0 Å². The summed E-state index contributed by atoms with van der Waals surface area (Å²) in [5.74, 6) is 0. The number of hydrogen-bond acceptors (Lipinski definition) is 4. The molecule has 0 fully saturated rings. The van der Waals surface area contributed by atoms with Crippen LogP contribution in [0.2, 0.25) is 0 Å². The normalized spacial score (nSPS) is 9.95. The van der Waals surface area contributed by atoms with E-state index in [9.17, 15) is 0 Å². The molecule has 0 aromatic heterocycles. The van der Waals surface area contributed by atoms with Crippen molar-refractivity contribution in [2.24, 2.45) is 0 Å². The molecule has 4 rings (SSSR count). The summed E-state index contributed by atoms with van der Waals surface area (Å²) in [4.78, 5) is 2.95. The standard InChI is InChI=1S/2C14H12S2.4C2H6.Ni/c2*15-13(11-7-3-1-4-8-11)14(16)12-9-5-2-6-10-12;4*1-2;/h2*1-10,15-16H;4*1-2H3;/p-4. The fraction of sp³-hybridized carbons (Fsp3) is 0.222. The van der Waals surface area contributed by atoms with E-state index in [0.29, 0.717) is 0 Å². The summed E-state index contributed by atoms with van der Waals surface area (Å²) >= 11 is 21.5. The van der Waals surface area contributed by atoms with Gasteiger partial charge >= 0.3 is 0 Å². The zero-order valence-electron chi connectivity index (χ0n) is 25.5. The van der Waals surface area contributed by atoms with Crippen molar-refractivity contribution >= 4 is 70.1 Å². The van der Waals surface area contributed by atoms with Gasteiger partial charge in [0.2, 0.25) is 0 Å². The fourth-order valence-corrected chi connectivity index (χ4v) is 3.90. The van der Waals surface area contributed by atoms with E-state index in [0.717, 1.165) is 41.9 Å². The van der Waals surface area contributed by atoms with Crippen LogP contribution in [-0.2, 0) is 67.0 Å². The van der Waals surface area contributed by atoms with Crippen molar-refractivity contribution in [3.05, 3.63) is 144 Å². The summed E-state index contributed by atoms with van der Waals surface area (Å²) in [5.41, 5.74) is 4.02. The first-order valence-corrected chi connectivity index (χ1v) is 15.6. The van der Waals surface area contributed by atoms with Crippen LogP contribution in [0.4, 0.5) is 0 Å². The Morgan fingerprint density at radius 2 is 0.415 bits per heavy atom. The molecule has 5 heteroatoms. The van der Waals surface area contributed by atoms with Gasteiger partial charge in [0.1, 0.15) is 0 Å². The second-order valence-corrected chi connectivity index (χ2v) is 8.41. The molecule has 0 aliphatic heterocycles. The minimum Gasteiger partial charge on any atom is -0.781 e. The van der Waals surface area contributed by atoms with Crippen LogP contribution in [0.3, 0.4) is 0 Å². The Kier molecular flexibility index (Phi) is 30.8. The van der Waals surface area contributed by atoms with Crippen LogP contribution >= 0.6 is 0 Å². The van der Waals surface area contributed by atoms with Crippen molar-refractivity contribution in [3.63, 3.8) is 0 Å². The van der Waals surface area contributed by atoms with Gasteiger partial charge in [-0.2, -0.15) is 19.6 Å². The van der Waals surface area contributed by atoms with Crippen LogP contribution in [0.15, 0.2) is 121 Å². The molecule has 0 atom stereocenters. The molecule has 41 heavy (non-hydrogen) atoms. The van der Waals surface area contributed by atoms with E-state index in [1.165, 1.54) is 0 Å². The van der Waals surface area contributed by atoms with Gasteiger partial charge < -0.3 is 50.5 Å². The average Bonchev–Trinajstić information content (AvgIpc) is 3.09. The summed E-state index contributed by atoms with van der Waals surface area (Å²) in [7, 11) is 0. The number of benzene rings is 4. The van der Waals surface area contributed by atoms with Gasteiger partial charge in [-0.15, -0.1) is 0 Å². The quantitative estimate of drug-likeness (QED) is 0.121. The van der Waals surface area contributed by atoms with Crippen LogP contribution in [-0.4, -0.2) is 0 Å². The molecule has 0 unspecified atom stereocenters. The second-order valence-electron chi connectivity index (χ2n) is 6.78. The molecule has 4 aromatic rings. The predicted octanol–water partition coefficient (Wildman–Crippen LogP) is 11.3. The first-order chi connectivity index (χ1) is 19.6. The Morgan fingerprint density at radius 3 is 0.537 bits per heavy atom. The van der Waals surface area contributed by atoms with Gasteiger partial charge in [-0.3, -0.25) is 0 Å². The van der Waals surface area contributed by atoms with Crippen LogP contribution in [0, 0.1) is 0 Å². The van der Waals surface area contributed by atoms with Crippen molar-refractivity contribution in [2.75, 3.05) is 0 Å². The molecule has 0 heterocycles. The molecule has 0 N–H and O–H groups in total. The van der Waals surface area contributed by atoms with Crippen LogP contribution in [0.5, 0.6) is 0 Å². The maximum absolute atomic E-state index is 5.38. The maximum Gasteiger partial charge on any atom is 0 e. The largest absolute Gasteiger partial charge is 0.781 e. The SMILES string of the molecule is CC.CC.CC.CC.[Ni].[S-]C(=C([S-])c1ccccc1)c1ccccc1.[S-]C(=C([S-])c1ccccc1)c1ccccc1. The maximum atomic E-state index is 5.38. The number of hydrogen-bond donors (Lipinski definition) is 0. The van der Waals surface area contributed by atoms with Crippen molar-refractivity contribution in [2.45, 2.75) is 55.4 Å². The smallest absolute Gasteiger partial charge is 0 e. The summed E-state index contributed by atoms with van der Waals surface area (Å²) in [6.45, 7) is 16.0. The van der Waals surface area contributed by atoms with E-state index in [1.54, 1.807) is 0 Å². The summed E-state index contributed by atoms with van der Waals surface area (Å²) in [5, 5.41) is 0.